The topological polar surface area (TPSA) is 62.1 Å². The molecule has 0 spiro atoms. The van der Waals surface area contributed by atoms with Crippen molar-refractivity contribution in [3.63, 3.8) is 0 Å². The molecule has 4 aromatic carbocycles. The largest absolute Gasteiger partial charge is 1.00 e. The Hall–Kier alpha value is -2.68. The molecular weight excluding hydrogens is 631 g/mol. The molecule has 2 heterocycles. The van der Waals surface area contributed by atoms with Gasteiger partial charge in [0.2, 0.25) is 18.7 Å². The van der Waals surface area contributed by atoms with E-state index < -0.39 is 34.9 Å². The van der Waals surface area contributed by atoms with Crippen molar-refractivity contribution in [2.45, 2.75) is 39.3 Å². The number of nitrogens with zero attached hydrogens (tertiary/aromatic N) is 4. The van der Waals surface area contributed by atoms with Crippen molar-refractivity contribution < 1.29 is 41.8 Å². The fourth-order valence-corrected chi connectivity index (χ4v) is 13.0. The molecule has 0 atom stereocenters. The van der Waals surface area contributed by atoms with Crippen LogP contribution < -0.4 is 37.7 Å². The summed E-state index contributed by atoms with van der Waals surface area (Å²) < 4.78 is 17.6. The molecule has 47 heavy (non-hydrogen) atoms. The summed E-state index contributed by atoms with van der Waals surface area (Å²) in [7, 11) is -7.96. The zero-order chi connectivity index (χ0) is 31.6. The molecule has 6 rings (SSSR count). The second kappa shape index (κ2) is 15.7. The van der Waals surface area contributed by atoms with Gasteiger partial charge in [0.1, 0.15) is 0 Å². The zero-order valence-corrected chi connectivity index (χ0v) is 32.7. The van der Waals surface area contributed by atoms with Crippen LogP contribution in [0.15, 0.2) is 141 Å². The zero-order valence-electron chi connectivity index (χ0n) is 28.7. The maximum Gasteiger partial charge on any atom is 1.00 e. The van der Waals surface area contributed by atoms with Crippen molar-refractivity contribution in [2.24, 2.45) is 9.32 Å². The van der Waals surface area contributed by atoms with Crippen LogP contribution in [0.1, 0.15) is 22.3 Å². The molecule has 2 aliphatic heterocycles. The first-order valence-corrected chi connectivity index (χ1v) is 24.9. The van der Waals surface area contributed by atoms with Crippen molar-refractivity contribution in [3.8, 4) is 0 Å². The normalized spacial score (nSPS) is 15.9. The van der Waals surface area contributed by atoms with E-state index in [1.165, 1.54) is 10.4 Å². The molecule has 0 N–H and O–H groups in total. The van der Waals surface area contributed by atoms with Crippen LogP contribution in [0.3, 0.4) is 0 Å². The van der Waals surface area contributed by atoms with Gasteiger partial charge in [-0.1, -0.05) is 161 Å². The van der Waals surface area contributed by atoms with Crippen molar-refractivity contribution in [1.29, 1.82) is 0 Å². The maximum atomic E-state index is 6.92. The molecule has 0 aromatic heterocycles. The van der Waals surface area contributed by atoms with Gasteiger partial charge in [0.05, 0.1) is 27.6 Å². The molecule has 0 bridgehead atoms. The Morgan fingerprint density at radius 3 is 1.00 bits per heavy atom. The third kappa shape index (κ3) is 8.49. The minimum Gasteiger partial charge on any atom is -0.647 e. The Morgan fingerprint density at radius 2 is 0.723 bits per heavy atom. The van der Waals surface area contributed by atoms with Gasteiger partial charge in [-0.05, 0) is 32.6 Å². The molecule has 0 unspecified atom stereocenters. The van der Waals surface area contributed by atoms with Crippen molar-refractivity contribution in [2.75, 3.05) is 0 Å². The maximum absolute atomic E-state index is 6.92. The van der Waals surface area contributed by atoms with Crippen LogP contribution in [0.4, 0.5) is 0 Å². The molecule has 5 nitrogen and oxygen atoms in total. The molecule has 0 saturated heterocycles. The van der Waals surface area contributed by atoms with E-state index in [0.29, 0.717) is 0 Å². The number of allylic oxidation sites excluding steroid dienone is 2. The van der Waals surface area contributed by atoms with Crippen LogP contribution in [0.5, 0.6) is 0 Å². The van der Waals surface area contributed by atoms with E-state index in [1.807, 2.05) is 0 Å². The summed E-state index contributed by atoms with van der Waals surface area (Å²) in [5.41, 5.74) is 8.41. The number of hydrogen-bond donors (Lipinski definition) is 0. The van der Waals surface area contributed by atoms with Gasteiger partial charge >= 0.3 is 37.7 Å². The molecule has 2 radical (unpaired) electrons. The molecule has 0 saturated carbocycles. The molecule has 0 aliphatic carbocycles. The first-order chi connectivity index (χ1) is 21.6. The molecule has 0 amide bonds. The number of rotatable bonds is 8. The van der Waals surface area contributed by atoms with Gasteiger partial charge in [-0.15, -0.1) is 11.4 Å². The van der Waals surface area contributed by atoms with Gasteiger partial charge in [0.25, 0.3) is 0 Å². The Balaban J connectivity index is 0.00000250. The summed E-state index contributed by atoms with van der Waals surface area (Å²) in [5, 5.41) is 2.52. The second-order valence-corrected chi connectivity index (χ2v) is 26.1. The molecule has 2 aliphatic rings. The third-order valence-electron chi connectivity index (χ3n) is 7.65. The van der Waals surface area contributed by atoms with Crippen LogP contribution in [0.2, 0.25) is 39.3 Å². The Bertz CT molecular complexity index is 1660. The van der Waals surface area contributed by atoms with Crippen LogP contribution >= 0.6 is 0 Å². The van der Waals surface area contributed by atoms with Gasteiger partial charge < -0.3 is 23.4 Å². The fraction of sp³-hybridized carbons (Fsp3) is 0.167. The first-order valence-electron chi connectivity index (χ1n) is 15.3. The van der Waals surface area contributed by atoms with Gasteiger partial charge in [0, 0.05) is 0 Å². The summed E-state index contributed by atoms with van der Waals surface area (Å²) >= 11 is 0. The summed E-state index contributed by atoms with van der Waals surface area (Å²) in [6.45, 7) is 14.2. The average Bonchev–Trinajstić information content (AvgIpc) is 3.04. The van der Waals surface area contributed by atoms with E-state index in [2.05, 4.69) is 161 Å². The van der Waals surface area contributed by atoms with Gasteiger partial charge in [-0.3, -0.25) is 0 Å². The van der Waals surface area contributed by atoms with E-state index in [-0.39, 0.29) is 37.7 Å². The summed E-state index contributed by atoms with van der Waals surface area (Å²) in [6.07, 6.45) is 0. The van der Waals surface area contributed by atoms with Crippen molar-refractivity contribution in [3.05, 3.63) is 164 Å². The van der Waals surface area contributed by atoms with Crippen LogP contribution in [-0.4, -0.2) is 46.3 Å². The van der Waals surface area contributed by atoms with Gasteiger partial charge in [-0.25, -0.2) is 0 Å². The summed E-state index contributed by atoms with van der Waals surface area (Å²) in [6, 6.07) is 42.0. The molecule has 0 fully saturated rings. The van der Waals surface area contributed by atoms with E-state index >= 15 is 0 Å². The SMILES string of the molecule is C[Si](C)(C)C1=C(c2ccccc2)[N-][Si](O[Si]2N=C(c3ccccc3)C([Si](C)(C)C)=C(c3ccccc3)[N-]2)N=C1c1ccccc1.[Li+].[Li+]. The van der Waals surface area contributed by atoms with Crippen molar-refractivity contribution >= 4 is 57.7 Å². The number of hydrogen-bond acceptors (Lipinski definition) is 3. The predicted molar refractivity (Wildman–Crippen MR) is 199 cm³/mol. The quantitative estimate of drug-likeness (QED) is 0.266. The molecule has 4 aromatic rings. The third-order valence-corrected chi connectivity index (χ3v) is 14.7. The van der Waals surface area contributed by atoms with E-state index in [4.69, 9.17) is 23.4 Å². The monoisotopic (exact) mass is 668 g/mol. The molecular formula is C36H38Li2N4OSi4. The molecule has 226 valence electrons. The van der Waals surface area contributed by atoms with Crippen LogP contribution in [0.25, 0.3) is 21.4 Å². The van der Waals surface area contributed by atoms with E-state index in [1.54, 1.807) is 0 Å². The minimum absolute atomic E-state index is 0. The van der Waals surface area contributed by atoms with Crippen LogP contribution in [-0.2, 0) is 4.12 Å². The predicted octanol–water partition coefficient (Wildman–Crippen LogP) is 3.31. The Morgan fingerprint density at radius 1 is 0.447 bits per heavy atom. The van der Waals surface area contributed by atoms with Gasteiger partial charge in [0.15, 0.2) is 0 Å². The average molecular weight is 669 g/mol. The number of benzene rings is 4. The first kappa shape index (κ1) is 37.1. The molecule has 11 heteroatoms. The standard InChI is InChI=1S/C36H38N4OSi4.2Li/c1-44(2,3)35-31(27-19-11-7-12-20-27)37-42(38-32(35)28-21-13-8-14-22-28)41-43-39-33(29-23-15-9-16-24-29)36(45(4,5)6)34(40-43)30-25-17-10-18-26-30;;/h7-26H,1-6H3;;/q-2;2*+1. The fourth-order valence-electron chi connectivity index (χ4n) is 5.69. The van der Waals surface area contributed by atoms with Gasteiger partial charge in [-0.2, -0.15) is 0 Å². The summed E-state index contributed by atoms with van der Waals surface area (Å²) in [4.78, 5) is 10.7. The van der Waals surface area contributed by atoms with E-state index in [0.717, 1.165) is 45.1 Å². The Kier molecular flexibility index (Phi) is 12.4. The minimum atomic E-state index is -2.08. The van der Waals surface area contributed by atoms with Crippen LogP contribution in [0, 0.1) is 0 Å². The van der Waals surface area contributed by atoms with E-state index in [9.17, 15) is 0 Å². The van der Waals surface area contributed by atoms with Crippen molar-refractivity contribution in [1.82, 2.24) is 0 Å². The smallest absolute Gasteiger partial charge is 0.647 e. The second-order valence-electron chi connectivity index (χ2n) is 13.2. The summed E-state index contributed by atoms with van der Waals surface area (Å²) in [5.74, 6) is 0. The Labute approximate surface area is 309 Å².